The standard InChI is InChI=1S/C23H19N3/c1-2-8-17(9-3-1)16-26-23-21-13-7-5-11-19(21)15-14-18-10-4-6-12-20(18)22(23)24-25-26/h1-13H,14-16H2. The van der Waals surface area contributed by atoms with E-state index in [1.165, 1.54) is 27.8 Å². The fourth-order valence-electron chi connectivity index (χ4n) is 3.84. The zero-order chi connectivity index (χ0) is 17.3. The van der Waals surface area contributed by atoms with Gasteiger partial charge in [0.1, 0.15) is 5.69 Å². The van der Waals surface area contributed by atoms with E-state index in [0.717, 1.165) is 30.8 Å². The van der Waals surface area contributed by atoms with Crippen molar-refractivity contribution in [1.29, 1.82) is 0 Å². The predicted octanol–water partition coefficient (Wildman–Crippen LogP) is 4.76. The van der Waals surface area contributed by atoms with Crippen LogP contribution in [0.5, 0.6) is 0 Å². The molecule has 5 rings (SSSR count). The Hall–Kier alpha value is -3.20. The first-order valence-corrected chi connectivity index (χ1v) is 9.04. The van der Waals surface area contributed by atoms with Crippen molar-refractivity contribution in [3.63, 3.8) is 0 Å². The summed E-state index contributed by atoms with van der Waals surface area (Å²) < 4.78 is 2.05. The van der Waals surface area contributed by atoms with Gasteiger partial charge in [0.25, 0.3) is 0 Å². The Morgan fingerprint density at radius 1 is 0.692 bits per heavy atom. The molecule has 1 aliphatic rings. The number of aryl methyl sites for hydroxylation is 2. The van der Waals surface area contributed by atoms with Crippen LogP contribution in [-0.2, 0) is 19.4 Å². The smallest absolute Gasteiger partial charge is 0.121 e. The van der Waals surface area contributed by atoms with Gasteiger partial charge in [0.2, 0.25) is 0 Å². The maximum Gasteiger partial charge on any atom is 0.121 e. The number of rotatable bonds is 2. The fourth-order valence-corrected chi connectivity index (χ4v) is 3.84. The first-order valence-electron chi connectivity index (χ1n) is 9.04. The second-order valence-corrected chi connectivity index (χ2v) is 6.74. The molecule has 3 nitrogen and oxygen atoms in total. The molecule has 3 aromatic carbocycles. The highest BCUT2D eigenvalue weighted by molar-refractivity contribution is 5.82. The van der Waals surface area contributed by atoms with Crippen LogP contribution in [-0.4, -0.2) is 15.0 Å². The van der Waals surface area contributed by atoms with Gasteiger partial charge in [-0.1, -0.05) is 84.1 Å². The van der Waals surface area contributed by atoms with Crippen LogP contribution >= 0.6 is 0 Å². The van der Waals surface area contributed by atoms with E-state index in [1.54, 1.807) is 0 Å². The van der Waals surface area contributed by atoms with Crippen LogP contribution < -0.4 is 0 Å². The van der Waals surface area contributed by atoms with E-state index in [9.17, 15) is 0 Å². The van der Waals surface area contributed by atoms with Gasteiger partial charge in [0.05, 0.1) is 12.2 Å². The van der Waals surface area contributed by atoms with Crippen LogP contribution in [0, 0.1) is 0 Å². The third-order valence-corrected chi connectivity index (χ3v) is 5.12. The van der Waals surface area contributed by atoms with Crippen molar-refractivity contribution in [3.8, 4) is 22.5 Å². The lowest BCUT2D eigenvalue weighted by atomic mass is 9.89. The molecule has 1 heterocycles. The zero-order valence-electron chi connectivity index (χ0n) is 14.5. The summed E-state index contributed by atoms with van der Waals surface area (Å²) >= 11 is 0. The van der Waals surface area contributed by atoms with Gasteiger partial charge in [0.15, 0.2) is 0 Å². The molecule has 0 fully saturated rings. The van der Waals surface area contributed by atoms with E-state index in [4.69, 9.17) is 0 Å². The molecule has 0 amide bonds. The summed E-state index contributed by atoms with van der Waals surface area (Å²) in [5.74, 6) is 0. The Morgan fingerprint density at radius 3 is 2.08 bits per heavy atom. The second-order valence-electron chi connectivity index (χ2n) is 6.74. The average molecular weight is 337 g/mol. The first kappa shape index (κ1) is 15.1. The Balaban J connectivity index is 1.74. The van der Waals surface area contributed by atoms with Crippen LogP contribution in [0.4, 0.5) is 0 Å². The van der Waals surface area contributed by atoms with Crippen molar-refractivity contribution in [3.05, 3.63) is 95.6 Å². The van der Waals surface area contributed by atoms with Crippen LogP contribution in [0.2, 0.25) is 0 Å². The van der Waals surface area contributed by atoms with Crippen molar-refractivity contribution in [2.75, 3.05) is 0 Å². The summed E-state index contributed by atoms with van der Waals surface area (Å²) in [6.07, 6.45) is 2.06. The first-order chi connectivity index (χ1) is 12.9. The SMILES string of the molecule is c1ccc(Cn2nnc3c2-c2ccccc2CCc2ccccc2-3)cc1. The lowest BCUT2D eigenvalue weighted by Crippen LogP contribution is -2.07. The fraction of sp³-hybridized carbons (Fsp3) is 0.130. The number of aromatic nitrogens is 3. The maximum atomic E-state index is 4.61. The summed E-state index contributed by atoms with van der Waals surface area (Å²) in [6.45, 7) is 0.722. The predicted molar refractivity (Wildman–Crippen MR) is 104 cm³/mol. The molecular weight excluding hydrogens is 318 g/mol. The maximum absolute atomic E-state index is 4.61. The van der Waals surface area contributed by atoms with E-state index >= 15 is 0 Å². The molecule has 0 unspecified atom stereocenters. The molecule has 3 heteroatoms. The number of benzene rings is 3. The van der Waals surface area contributed by atoms with E-state index in [0.29, 0.717) is 0 Å². The van der Waals surface area contributed by atoms with Crippen molar-refractivity contribution >= 4 is 0 Å². The summed E-state index contributed by atoms with van der Waals surface area (Å²) in [6, 6.07) is 27.7. The molecule has 1 aliphatic carbocycles. The molecule has 0 spiro atoms. The molecule has 0 saturated heterocycles. The quantitative estimate of drug-likeness (QED) is 0.528. The van der Waals surface area contributed by atoms with Crippen molar-refractivity contribution in [2.24, 2.45) is 0 Å². The largest absolute Gasteiger partial charge is 0.240 e. The van der Waals surface area contributed by atoms with E-state index < -0.39 is 0 Å². The molecular formula is C23H19N3. The Bertz CT molecular complexity index is 1060. The highest BCUT2D eigenvalue weighted by Gasteiger charge is 2.23. The lowest BCUT2D eigenvalue weighted by molar-refractivity contribution is 0.655. The van der Waals surface area contributed by atoms with Gasteiger partial charge < -0.3 is 0 Å². The van der Waals surface area contributed by atoms with Crippen molar-refractivity contribution in [2.45, 2.75) is 19.4 Å². The van der Waals surface area contributed by atoms with E-state index in [-0.39, 0.29) is 0 Å². The molecule has 0 radical (unpaired) electrons. The number of fused-ring (bicyclic) bond motifs is 5. The van der Waals surface area contributed by atoms with Gasteiger partial charge in [0, 0.05) is 11.1 Å². The summed E-state index contributed by atoms with van der Waals surface area (Å²) in [7, 11) is 0. The minimum Gasteiger partial charge on any atom is -0.240 e. The number of hydrogen-bond acceptors (Lipinski definition) is 2. The van der Waals surface area contributed by atoms with Crippen molar-refractivity contribution < 1.29 is 0 Å². The second kappa shape index (κ2) is 6.26. The molecule has 1 aromatic heterocycles. The minimum absolute atomic E-state index is 0.722. The Labute approximate surface area is 152 Å². The number of hydrogen-bond donors (Lipinski definition) is 0. The van der Waals surface area contributed by atoms with E-state index in [2.05, 4.69) is 83.1 Å². The van der Waals surface area contributed by atoms with E-state index in [1.807, 2.05) is 10.7 Å². The van der Waals surface area contributed by atoms with Crippen LogP contribution in [0.15, 0.2) is 78.9 Å². The van der Waals surface area contributed by atoms with Gasteiger partial charge in [-0.2, -0.15) is 0 Å². The molecule has 0 N–H and O–H groups in total. The summed E-state index contributed by atoms with van der Waals surface area (Å²) in [5, 5.41) is 9.15. The highest BCUT2D eigenvalue weighted by Crippen LogP contribution is 2.37. The van der Waals surface area contributed by atoms with Crippen molar-refractivity contribution in [1.82, 2.24) is 15.0 Å². The van der Waals surface area contributed by atoms with Crippen LogP contribution in [0.1, 0.15) is 16.7 Å². The monoisotopic (exact) mass is 337 g/mol. The molecule has 26 heavy (non-hydrogen) atoms. The summed E-state index contributed by atoms with van der Waals surface area (Å²) in [5.41, 5.74) is 8.50. The average Bonchev–Trinajstić information content (AvgIpc) is 3.09. The summed E-state index contributed by atoms with van der Waals surface area (Å²) in [4.78, 5) is 0. The van der Waals surface area contributed by atoms with Gasteiger partial charge in [-0.3, -0.25) is 0 Å². The number of nitrogens with zero attached hydrogens (tertiary/aromatic N) is 3. The van der Waals surface area contributed by atoms with Gasteiger partial charge in [-0.15, -0.1) is 5.10 Å². The van der Waals surface area contributed by atoms with Gasteiger partial charge in [-0.25, -0.2) is 4.68 Å². The van der Waals surface area contributed by atoms with Gasteiger partial charge >= 0.3 is 0 Å². The van der Waals surface area contributed by atoms with Gasteiger partial charge in [-0.05, 0) is 29.5 Å². The Morgan fingerprint density at radius 2 is 1.31 bits per heavy atom. The topological polar surface area (TPSA) is 30.7 Å². The molecule has 0 aliphatic heterocycles. The third-order valence-electron chi connectivity index (χ3n) is 5.12. The minimum atomic E-state index is 0.722. The highest BCUT2D eigenvalue weighted by atomic mass is 15.4. The van der Waals surface area contributed by atoms with Crippen LogP contribution in [0.3, 0.4) is 0 Å². The molecule has 0 atom stereocenters. The third kappa shape index (κ3) is 2.53. The van der Waals surface area contributed by atoms with Crippen LogP contribution in [0.25, 0.3) is 22.5 Å². The zero-order valence-corrected chi connectivity index (χ0v) is 14.5. The molecule has 0 saturated carbocycles. The normalized spacial score (nSPS) is 12.5. The molecule has 0 bridgehead atoms. The lowest BCUT2D eigenvalue weighted by Gasteiger charge is -2.18. The Kier molecular flexibility index (Phi) is 3.64. The molecule has 126 valence electrons. The molecule has 4 aromatic rings.